The molecule has 0 bridgehead atoms. The maximum Gasteiger partial charge on any atom is 0.315 e. The van der Waals surface area contributed by atoms with Gasteiger partial charge in [-0.1, -0.05) is 12.6 Å². The molecule has 140 valence electrons. The maximum absolute atomic E-state index is 13.2. The summed E-state index contributed by atoms with van der Waals surface area (Å²) in [6.45, 7) is 6.13. The van der Waals surface area contributed by atoms with E-state index in [2.05, 4.69) is 18.0 Å². The van der Waals surface area contributed by atoms with Crippen LogP contribution in [-0.2, 0) is 14.3 Å². The van der Waals surface area contributed by atoms with Gasteiger partial charge in [-0.05, 0) is 36.9 Å². The molecule has 2 aromatic rings. The molecule has 0 radical (unpaired) electrons. The Morgan fingerprint density at radius 2 is 2.07 bits per heavy atom. The minimum absolute atomic E-state index is 0.111. The fraction of sp³-hybridized carbons (Fsp3) is 0.333. The van der Waals surface area contributed by atoms with E-state index in [9.17, 15) is 9.59 Å². The van der Waals surface area contributed by atoms with Crippen molar-refractivity contribution in [2.45, 2.75) is 31.6 Å². The third kappa shape index (κ3) is 3.17. The van der Waals surface area contributed by atoms with E-state index < -0.39 is 5.92 Å². The van der Waals surface area contributed by atoms with Gasteiger partial charge in [-0.15, -0.1) is 22.7 Å². The van der Waals surface area contributed by atoms with Gasteiger partial charge in [0.25, 0.3) is 0 Å². The van der Waals surface area contributed by atoms with Crippen molar-refractivity contribution in [2.24, 2.45) is 5.92 Å². The van der Waals surface area contributed by atoms with Crippen LogP contribution in [-0.4, -0.2) is 18.9 Å². The molecule has 27 heavy (non-hydrogen) atoms. The molecule has 0 amide bonds. The Morgan fingerprint density at radius 3 is 2.70 bits per heavy atom. The first-order valence-electron chi connectivity index (χ1n) is 8.89. The van der Waals surface area contributed by atoms with Crippen molar-refractivity contribution >= 4 is 34.4 Å². The molecule has 0 fully saturated rings. The number of rotatable bonds is 3. The Morgan fingerprint density at radius 1 is 1.26 bits per heavy atom. The van der Waals surface area contributed by atoms with Gasteiger partial charge in [-0.3, -0.25) is 9.59 Å². The van der Waals surface area contributed by atoms with E-state index in [-0.39, 0.29) is 23.6 Å². The van der Waals surface area contributed by atoms with Crippen molar-refractivity contribution in [1.29, 1.82) is 0 Å². The van der Waals surface area contributed by atoms with Crippen molar-refractivity contribution in [2.75, 3.05) is 7.11 Å². The lowest BCUT2D eigenvalue weighted by atomic mass is 9.71. The highest BCUT2D eigenvalue weighted by molar-refractivity contribution is 7.12. The molecule has 0 aromatic carbocycles. The number of hydrogen-bond acceptors (Lipinski definition) is 6. The van der Waals surface area contributed by atoms with E-state index in [0.29, 0.717) is 12.1 Å². The summed E-state index contributed by atoms with van der Waals surface area (Å²) in [5, 5.41) is 5.33. The molecule has 2 aromatic heterocycles. The zero-order valence-corrected chi connectivity index (χ0v) is 16.9. The number of esters is 1. The van der Waals surface area contributed by atoms with E-state index in [1.54, 1.807) is 22.7 Å². The minimum Gasteiger partial charge on any atom is -0.468 e. The Kier molecular flexibility index (Phi) is 4.78. The number of aryl methyl sites for hydroxylation is 1. The molecule has 3 heterocycles. The van der Waals surface area contributed by atoms with Gasteiger partial charge in [0.1, 0.15) is 5.92 Å². The molecule has 3 unspecified atom stereocenters. The van der Waals surface area contributed by atoms with E-state index in [0.717, 1.165) is 27.4 Å². The molecule has 4 rings (SSSR count). The zero-order chi connectivity index (χ0) is 19.1. The van der Waals surface area contributed by atoms with Crippen LogP contribution in [0.2, 0.25) is 0 Å². The first kappa shape index (κ1) is 18.2. The number of Topliss-reactive ketones (excluding diaryl/α,β-unsaturated/α-hetero) is 1. The van der Waals surface area contributed by atoms with Crippen LogP contribution in [0.3, 0.4) is 0 Å². The van der Waals surface area contributed by atoms with Crippen LogP contribution < -0.4 is 5.32 Å². The van der Waals surface area contributed by atoms with Crippen LogP contribution in [0, 0.1) is 12.8 Å². The minimum atomic E-state index is -0.589. The summed E-state index contributed by atoms with van der Waals surface area (Å²) in [6.07, 6.45) is 1.23. The summed E-state index contributed by atoms with van der Waals surface area (Å²) in [5.74, 6) is -0.981. The van der Waals surface area contributed by atoms with E-state index in [1.165, 1.54) is 12.0 Å². The lowest BCUT2D eigenvalue weighted by Crippen LogP contribution is -2.41. The van der Waals surface area contributed by atoms with E-state index >= 15 is 0 Å². The molecule has 2 aliphatic rings. The normalized spacial score (nSPS) is 25.2. The van der Waals surface area contributed by atoms with Gasteiger partial charge in [0.2, 0.25) is 0 Å². The summed E-state index contributed by atoms with van der Waals surface area (Å²) in [4.78, 5) is 29.2. The van der Waals surface area contributed by atoms with E-state index in [1.807, 2.05) is 30.5 Å². The van der Waals surface area contributed by atoms with Gasteiger partial charge in [0.15, 0.2) is 5.78 Å². The Labute approximate surface area is 166 Å². The number of allylic oxidation sites excluding steroid dienone is 2. The average Bonchev–Trinajstić information content (AvgIpc) is 3.31. The number of carbonyl (C=O) groups is 2. The summed E-state index contributed by atoms with van der Waals surface area (Å²) in [6, 6.07) is 8.15. The number of methoxy groups -OCH3 is 1. The number of thiophene rings is 2. The van der Waals surface area contributed by atoms with Crippen LogP contribution in [0.15, 0.2) is 53.2 Å². The SMILES string of the molecule is C=C1NC2=C(C(=O)CC(c3cccs3)C2)C(c2ccc(C)s2)C1C(=O)OC. The van der Waals surface area contributed by atoms with Gasteiger partial charge in [0.05, 0.1) is 7.11 Å². The summed E-state index contributed by atoms with van der Waals surface area (Å²) in [7, 11) is 1.38. The molecule has 1 aliphatic heterocycles. The van der Waals surface area contributed by atoms with Crippen LogP contribution in [0.5, 0.6) is 0 Å². The molecular weight excluding hydrogens is 378 g/mol. The van der Waals surface area contributed by atoms with Gasteiger partial charge in [0, 0.05) is 49.9 Å². The van der Waals surface area contributed by atoms with Crippen molar-refractivity contribution in [1.82, 2.24) is 5.32 Å². The molecule has 0 saturated heterocycles. The highest BCUT2D eigenvalue weighted by atomic mass is 32.1. The van der Waals surface area contributed by atoms with Crippen molar-refractivity contribution < 1.29 is 14.3 Å². The third-order valence-electron chi connectivity index (χ3n) is 5.31. The van der Waals surface area contributed by atoms with Crippen LogP contribution in [0.1, 0.15) is 39.3 Å². The predicted octanol–water partition coefficient (Wildman–Crippen LogP) is 4.51. The molecule has 4 nitrogen and oxygen atoms in total. The summed E-state index contributed by atoms with van der Waals surface area (Å²) < 4.78 is 5.05. The Bertz CT molecular complexity index is 939. The molecule has 6 heteroatoms. The van der Waals surface area contributed by atoms with Gasteiger partial charge in [-0.2, -0.15) is 0 Å². The number of ketones is 1. The molecular formula is C21H21NO3S2. The highest BCUT2D eigenvalue weighted by Crippen LogP contribution is 2.48. The first-order valence-corrected chi connectivity index (χ1v) is 10.6. The second-order valence-corrected chi connectivity index (χ2v) is 9.31. The molecule has 0 saturated carbocycles. The lowest BCUT2D eigenvalue weighted by Gasteiger charge is -2.39. The standard InChI is InChI=1S/C21H21NO3S2/c1-11-6-7-17(27-11)20-18(21(24)25-3)12(2)22-14-9-13(10-15(23)19(14)20)16-5-4-8-26-16/h4-8,13,18,20,22H,2,9-10H2,1,3H3. The smallest absolute Gasteiger partial charge is 0.315 e. The van der Waals surface area contributed by atoms with E-state index in [4.69, 9.17) is 4.74 Å². The quantitative estimate of drug-likeness (QED) is 0.772. The number of hydrogen-bond donors (Lipinski definition) is 1. The topological polar surface area (TPSA) is 55.4 Å². The van der Waals surface area contributed by atoms with Gasteiger partial charge in [-0.25, -0.2) is 0 Å². The Balaban J connectivity index is 1.81. The number of nitrogens with one attached hydrogen (secondary N) is 1. The number of ether oxygens (including phenoxy) is 1. The highest BCUT2D eigenvalue weighted by Gasteiger charge is 2.45. The molecule has 3 atom stereocenters. The lowest BCUT2D eigenvalue weighted by molar-refractivity contribution is -0.144. The average molecular weight is 400 g/mol. The third-order valence-corrected chi connectivity index (χ3v) is 7.43. The maximum atomic E-state index is 13.2. The zero-order valence-electron chi connectivity index (χ0n) is 15.3. The summed E-state index contributed by atoms with van der Waals surface area (Å²) >= 11 is 3.31. The monoisotopic (exact) mass is 399 g/mol. The predicted molar refractivity (Wildman–Crippen MR) is 108 cm³/mol. The molecule has 1 N–H and O–H groups in total. The van der Waals surface area contributed by atoms with Gasteiger partial charge < -0.3 is 10.1 Å². The molecule has 1 aliphatic carbocycles. The largest absolute Gasteiger partial charge is 0.468 e. The number of carbonyl (C=O) groups excluding carboxylic acids is 2. The van der Waals surface area contributed by atoms with Crippen molar-refractivity contribution in [3.05, 3.63) is 67.8 Å². The second kappa shape index (κ2) is 7.09. The fourth-order valence-corrected chi connectivity index (χ4v) is 5.96. The van der Waals surface area contributed by atoms with Crippen molar-refractivity contribution in [3.8, 4) is 0 Å². The van der Waals surface area contributed by atoms with Crippen LogP contribution in [0.25, 0.3) is 0 Å². The fourth-order valence-electron chi connectivity index (χ4n) is 4.11. The second-order valence-electron chi connectivity index (χ2n) is 7.01. The van der Waals surface area contributed by atoms with Gasteiger partial charge >= 0.3 is 5.97 Å². The molecule has 0 spiro atoms. The van der Waals surface area contributed by atoms with Crippen molar-refractivity contribution in [3.63, 3.8) is 0 Å². The first-order chi connectivity index (χ1) is 13.0. The Hall–Kier alpha value is -2.18. The van der Waals surface area contributed by atoms with Crippen LogP contribution in [0.4, 0.5) is 0 Å². The van der Waals surface area contributed by atoms with Crippen LogP contribution >= 0.6 is 22.7 Å². The summed E-state index contributed by atoms with van der Waals surface area (Å²) in [5.41, 5.74) is 2.24.